The highest BCUT2D eigenvalue weighted by molar-refractivity contribution is 5.97. The highest BCUT2D eigenvalue weighted by atomic mass is 19.4. The molecule has 0 heterocycles. The van der Waals surface area contributed by atoms with Gasteiger partial charge < -0.3 is 15.4 Å². The fraction of sp³-hybridized carbons (Fsp3) is 0.400. The number of rotatable bonds is 6. The Balaban J connectivity index is 2.87. The van der Waals surface area contributed by atoms with Crippen molar-refractivity contribution >= 4 is 29.3 Å². The van der Waals surface area contributed by atoms with Crippen LogP contribution in [0.25, 0.3) is 0 Å². The number of nitrogens with one attached hydrogen (secondary N) is 3. The summed E-state index contributed by atoms with van der Waals surface area (Å²) in [6, 6.07) is -0.302. The molecule has 0 aliphatic rings. The minimum Gasteiger partial charge on any atom is -0.451 e. The molecule has 2 atom stereocenters. The molecule has 0 aliphatic heterocycles. The molecule has 13 heteroatoms. The molecule has 0 aromatic heterocycles. The van der Waals surface area contributed by atoms with Crippen LogP contribution in [0.1, 0.15) is 19.4 Å². The van der Waals surface area contributed by atoms with Crippen molar-refractivity contribution in [3.05, 3.63) is 33.9 Å². The second-order valence-corrected chi connectivity index (χ2v) is 5.50. The molecule has 0 unspecified atom stereocenters. The van der Waals surface area contributed by atoms with Crippen LogP contribution in [0.15, 0.2) is 18.2 Å². The fourth-order valence-corrected chi connectivity index (χ4v) is 1.88. The molecule has 0 saturated carbocycles. The molecule has 0 fully saturated rings. The summed E-state index contributed by atoms with van der Waals surface area (Å²) in [6.07, 6.45) is -6.14. The van der Waals surface area contributed by atoms with Crippen LogP contribution in [-0.4, -0.2) is 42.0 Å². The third kappa shape index (κ3) is 6.10. The maximum atomic E-state index is 12.7. The summed E-state index contributed by atoms with van der Waals surface area (Å²) in [5.74, 6) is -1.94. The van der Waals surface area contributed by atoms with Gasteiger partial charge in [-0.15, -0.1) is 0 Å². The summed E-state index contributed by atoms with van der Waals surface area (Å²) in [5.41, 5.74) is -2.45. The van der Waals surface area contributed by atoms with Crippen LogP contribution < -0.4 is 16.0 Å². The van der Waals surface area contributed by atoms with Crippen LogP contribution in [0, 0.1) is 10.1 Å². The molecule has 1 aromatic rings. The second kappa shape index (κ2) is 9.01. The first-order chi connectivity index (χ1) is 12.9. The second-order valence-electron chi connectivity index (χ2n) is 5.50. The van der Waals surface area contributed by atoms with Gasteiger partial charge in [-0.05, 0) is 26.0 Å². The normalized spacial score (nSPS) is 13.1. The van der Waals surface area contributed by atoms with Gasteiger partial charge in [0.1, 0.15) is 11.7 Å². The monoisotopic (exact) mass is 406 g/mol. The maximum absolute atomic E-state index is 12.7. The predicted molar refractivity (Wildman–Crippen MR) is 89.3 cm³/mol. The van der Waals surface area contributed by atoms with Gasteiger partial charge in [0.05, 0.1) is 10.5 Å². The number of halogens is 3. The van der Waals surface area contributed by atoms with Gasteiger partial charge in [-0.3, -0.25) is 20.2 Å². The summed E-state index contributed by atoms with van der Waals surface area (Å²) < 4.78 is 42.9. The van der Waals surface area contributed by atoms with Crippen LogP contribution in [0.2, 0.25) is 0 Å². The van der Waals surface area contributed by atoms with Crippen LogP contribution in [0.5, 0.6) is 0 Å². The Hall–Kier alpha value is -3.38. The van der Waals surface area contributed by atoms with E-state index >= 15 is 0 Å². The highest BCUT2D eigenvalue weighted by Gasteiger charge is 2.33. The molecule has 0 spiro atoms. The molecule has 0 aliphatic carbocycles. The van der Waals surface area contributed by atoms with Crippen molar-refractivity contribution in [3.63, 3.8) is 0 Å². The van der Waals surface area contributed by atoms with Crippen molar-refractivity contribution in [1.82, 2.24) is 10.6 Å². The molecule has 0 radical (unpaired) electrons. The van der Waals surface area contributed by atoms with Crippen LogP contribution in [-0.2, 0) is 20.5 Å². The average Bonchev–Trinajstić information content (AvgIpc) is 2.60. The van der Waals surface area contributed by atoms with Crippen LogP contribution >= 0.6 is 0 Å². The quantitative estimate of drug-likeness (QED) is 0.372. The number of nitro groups is 1. The summed E-state index contributed by atoms with van der Waals surface area (Å²) in [4.78, 5) is 44.7. The Morgan fingerprint density at radius 1 is 1.21 bits per heavy atom. The predicted octanol–water partition coefficient (Wildman–Crippen LogP) is 1.80. The molecule has 0 saturated heterocycles. The topological polar surface area (TPSA) is 140 Å². The van der Waals surface area contributed by atoms with E-state index in [-0.39, 0.29) is 5.69 Å². The van der Waals surface area contributed by atoms with Crippen molar-refractivity contribution in [3.8, 4) is 0 Å². The van der Waals surface area contributed by atoms with E-state index in [1.807, 2.05) is 5.32 Å². The van der Waals surface area contributed by atoms with Crippen LogP contribution in [0.3, 0.4) is 0 Å². The third-order valence-corrected chi connectivity index (χ3v) is 3.37. The molecule has 0 bridgehead atoms. The number of ether oxygens (including phenoxy) is 1. The van der Waals surface area contributed by atoms with E-state index in [1.165, 1.54) is 20.9 Å². The van der Waals surface area contributed by atoms with E-state index in [0.717, 1.165) is 6.07 Å². The minimum absolute atomic E-state index is 0.333. The minimum atomic E-state index is -4.78. The van der Waals surface area contributed by atoms with Gasteiger partial charge in [0.15, 0.2) is 6.10 Å². The maximum Gasteiger partial charge on any atom is 0.416 e. The summed E-state index contributed by atoms with van der Waals surface area (Å²) in [7, 11) is 1.27. The van der Waals surface area contributed by atoms with E-state index in [9.17, 15) is 37.7 Å². The first kappa shape index (κ1) is 22.7. The number of benzene rings is 1. The zero-order chi connectivity index (χ0) is 21.6. The van der Waals surface area contributed by atoms with Gasteiger partial charge in [-0.1, -0.05) is 0 Å². The summed E-state index contributed by atoms with van der Waals surface area (Å²) in [5, 5.41) is 17.4. The van der Waals surface area contributed by atoms with Gasteiger partial charge in [-0.2, -0.15) is 13.2 Å². The lowest BCUT2D eigenvalue weighted by Gasteiger charge is -2.18. The Morgan fingerprint density at radius 2 is 1.82 bits per heavy atom. The molecule has 28 heavy (non-hydrogen) atoms. The molecular weight excluding hydrogens is 389 g/mol. The van der Waals surface area contributed by atoms with Gasteiger partial charge in [0, 0.05) is 13.1 Å². The number of nitrogens with zero attached hydrogens (tertiary/aromatic N) is 1. The van der Waals surface area contributed by atoms with Crippen molar-refractivity contribution in [2.75, 3.05) is 12.4 Å². The smallest absolute Gasteiger partial charge is 0.416 e. The van der Waals surface area contributed by atoms with Crippen molar-refractivity contribution in [1.29, 1.82) is 0 Å². The SMILES string of the molecule is CNC(=O)NC(=O)[C@H](C)OC(=O)[C@H](C)Nc1ccc(C(F)(F)F)cc1[N+](=O)[O-]. The largest absolute Gasteiger partial charge is 0.451 e. The zero-order valence-electron chi connectivity index (χ0n) is 14.9. The molecule has 154 valence electrons. The molecule has 3 amide bonds. The Labute approximate surface area is 156 Å². The third-order valence-electron chi connectivity index (χ3n) is 3.37. The van der Waals surface area contributed by atoms with E-state index < -0.39 is 52.4 Å². The average molecular weight is 406 g/mol. The van der Waals surface area contributed by atoms with E-state index in [1.54, 1.807) is 0 Å². The Bertz CT molecular complexity index is 784. The number of esters is 1. The molecular formula is C15H17F3N4O6. The molecule has 3 N–H and O–H groups in total. The number of hydrogen-bond acceptors (Lipinski definition) is 7. The summed E-state index contributed by atoms with van der Waals surface area (Å²) >= 11 is 0. The highest BCUT2D eigenvalue weighted by Crippen LogP contribution is 2.35. The Morgan fingerprint density at radius 3 is 2.32 bits per heavy atom. The first-order valence-electron chi connectivity index (χ1n) is 7.72. The number of imide groups is 1. The lowest BCUT2D eigenvalue weighted by molar-refractivity contribution is -0.384. The van der Waals surface area contributed by atoms with E-state index in [4.69, 9.17) is 4.74 Å². The van der Waals surface area contributed by atoms with E-state index in [2.05, 4.69) is 10.6 Å². The van der Waals surface area contributed by atoms with Crippen molar-refractivity contribution in [2.24, 2.45) is 0 Å². The number of urea groups is 1. The fourth-order valence-electron chi connectivity index (χ4n) is 1.88. The summed E-state index contributed by atoms with van der Waals surface area (Å²) in [6.45, 7) is 2.41. The number of nitro benzene ring substituents is 1. The Kier molecular flexibility index (Phi) is 7.29. The number of carbonyl (C=O) groups is 3. The van der Waals surface area contributed by atoms with Gasteiger partial charge in [0.25, 0.3) is 11.6 Å². The van der Waals surface area contributed by atoms with Crippen molar-refractivity contribution < 1.29 is 37.2 Å². The number of carbonyl (C=O) groups excluding carboxylic acids is 3. The van der Waals surface area contributed by atoms with E-state index in [0.29, 0.717) is 12.1 Å². The first-order valence-corrected chi connectivity index (χ1v) is 7.72. The van der Waals surface area contributed by atoms with Crippen molar-refractivity contribution in [2.45, 2.75) is 32.2 Å². The number of anilines is 1. The van der Waals surface area contributed by atoms with Crippen LogP contribution in [0.4, 0.5) is 29.3 Å². The standard InChI is InChI=1S/C15H17F3N4O6/c1-7(13(24)28-8(2)12(23)21-14(25)19-3)20-10-5-4-9(15(16,17)18)6-11(10)22(26)27/h4-8,20H,1-3H3,(H2,19,21,23,25)/t7-,8-/m0/s1. The number of amides is 3. The lowest BCUT2D eigenvalue weighted by Crippen LogP contribution is -2.44. The van der Waals surface area contributed by atoms with Gasteiger partial charge in [-0.25, -0.2) is 9.59 Å². The molecule has 1 rings (SSSR count). The van der Waals surface area contributed by atoms with Gasteiger partial charge >= 0.3 is 18.2 Å². The molecule has 1 aromatic carbocycles. The molecule has 10 nitrogen and oxygen atoms in total. The van der Waals surface area contributed by atoms with Gasteiger partial charge in [0.2, 0.25) is 0 Å². The number of hydrogen-bond donors (Lipinski definition) is 3. The number of alkyl halides is 3. The zero-order valence-corrected chi connectivity index (χ0v) is 14.9. The lowest BCUT2D eigenvalue weighted by atomic mass is 10.1.